The maximum atomic E-state index is 12.1. The van der Waals surface area contributed by atoms with Crippen LogP contribution in [0.3, 0.4) is 0 Å². The third-order valence-corrected chi connectivity index (χ3v) is 4.71. The molecule has 7 nitrogen and oxygen atoms in total. The van der Waals surface area contributed by atoms with Crippen LogP contribution in [0.2, 0.25) is 0 Å². The van der Waals surface area contributed by atoms with Crippen LogP contribution in [0, 0.1) is 0 Å². The second-order valence-electron chi connectivity index (χ2n) is 7.40. The average molecular weight is 405 g/mol. The molecule has 0 bridgehead atoms. The lowest BCUT2D eigenvalue weighted by Crippen LogP contribution is -2.26. The number of aliphatic hydroxyl groups is 3. The number of esters is 2. The van der Waals surface area contributed by atoms with Crippen molar-refractivity contribution in [2.24, 2.45) is 0 Å². The monoisotopic (exact) mass is 404 g/mol. The van der Waals surface area contributed by atoms with E-state index in [1.54, 1.807) is 0 Å². The van der Waals surface area contributed by atoms with Crippen molar-refractivity contribution in [2.75, 3.05) is 13.7 Å². The number of ether oxygens (including phenoxy) is 2. The van der Waals surface area contributed by atoms with Gasteiger partial charge in [0.15, 0.2) is 0 Å². The van der Waals surface area contributed by atoms with Gasteiger partial charge in [-0.3, -0.25) is 9.59 Å². The predicted octanol–water partition coefficient (Wildman–Crippen LogP) is 2.88. The molecule has 0 saturated heterocycles. The van der Waals surface area contributed by atoms with Gasteiger partial charge < -0.3 is 24.8 Å². The molecule has 0 fully saturated rings. The number of carbonyl (C=O) groups is 2. The van der Waals surface area contributed by atoms with Gasteiger partial charge in [0.1, 0.15) is 6.10 Å². The molecule has 166 valence electrons. The number of aliphatic hydroxyl groups excluding tert-OH is 3. The molecule has 0 amide bonds. The lowest BCUT2D eigenvalue weighted by atomic mass is 10.0. The molecule has 0 radical (unpaired) electrons. The first kappa shape index (κ1) is 26.8. The molecule has 3 unspecified atom stereocenters. The van der Waals surface area contributed by atoms with Crippen molar-refractivity contribution in [3.63, 3.8) is 0 Å². The highest BCUT2D eigenvalue weighted by atomic mass is 16.5. The van der Waals surface area contributed by atoms with Crippen LogP contribution in [-0.2, 0) is 19.1 Å². The fourth-order valence-corrected chi connectivity index (χ4v) is 3.05. The Hall–Kier alpha value is -1.18. The molecular formula is C21H40O7. The zero-order valence-electron chi connectivity index (χ0n) is 17.6. The standard InChI is InChI=1S/C21H40O7/c1-3-4-6-12-19(15-18(24)16-21(26)27-2)28-20(25)13-9-11-17(23)10-7-5-8-14-22/h17-19,22-24H,3-16H2,1-2H3. The van der Waals surface area contributed by atoms with Gasteiger partial charge in [0.2, 0.25) is 0 Å². The van der Waals surface area contributed by atoms with Crippen LogP contribution in [0.1, 0.15) is 90.4 Å². The maximum Gasteiger partial charge on any atom is 0.308 e. The Labute approximate surface area is 169 Å². The van der Waals surface area contributed by atoms with E-state index in [2.05, 4.69) is 11.7 Å². The Kier molecular flexibility index (Phi) is 17.1. The zero-order valence-corrected chi connectivity index (χ0v) is 17.6. The fraction of sp³-hybridized carbons (Fsp3) is 0.905. The van der Waals surface area contributed by atoms with Gasteiger partial charge in [-0.05, 0) is 38.5 Å². The molecule has 0 heterocycles. The molecule has 28 heavy (non-hydrogen) atoms. The van der Waals surface area contributed by atoms with Crippen LogP contribution in [-0.4, -0.2) is 59.3 Å². The molecule has 0 aromatic carbocycles. The van der Waals surface area contributed by atoms with Crippen molar-refractivity contribution in [1.29, 1.82) is 0 Å². The van der Waals surface area contributed by atoms with E-state index in [1.165, 1.54) is 7.11 Å². The molecule has 0 aromatic rings. The Bertz CT molecular complexity index is 400. The highest BCUT2D eigenvalue weighted by molar-refractivity contribution is 5.70. The summed E-state index contributed by atoms with van der Waals surface area (Å²) in [5.41, 5.74) is 0. The zero-order chi connectivity index (χ0) is 21.2. The summed E-state index contributed by atoms with van der Waals surface area (Å²) in [5.74, 6) is -0.821. The van der Waals surface area contributed by atoms with Gasteiger partial charge in [-0.1, -0.05) is 32.6 Å². The number of hydrogen-bond acceptors (Lipinski definition) is 7. The molecule has 0 aromatic heterocycles. The van der Waals surface area contributed by atoms with Crippen LogP contribution in [0.25, 0.3) is 0 Å². The minimum Gasteiger partial charge on any atom is -0.469 e. The van der Waals surface area contributed by atoms with Gasteiger partial charge in [-0.25, -0.2) is 0 Å². The number of carbonyl (C=O) groups excluding carboxylic acids is 2. The molecule has 0 rings (SSSR count). The topological polar surface area (TPSA) is 113 Å². The minimum absolute atomic E-state index is 0.110. The quantitative estimate of drug-likeness (QED) is 0.238. The Morgan fingerprint density at radius 3 is 2.18 bits per heavy atom. The largest absolute Gasteiger partial charge is 0.469 e. The summed E-state index contributed by atoms with van der Waals surface area (Å²) in [7, 11) is 1.27. The van der Waals surface area contributed by atoms with Crippen LogP contribution in [0.15, 0.2) is 0 Å². The number of rotatable bonds is 18. The summed E-state index contributed by atoms with van der Waals surface area (Å²) in [4.78, 5) is 23.4. The molecule has 3 atom stereocenters. The summed E-state index contributed by atoms with van der Waals surface area (Å²) in [6.45, 7) is 2.26. The molecule has 0 aliphatic rings. The van der Waals surface area contributed by atoms with Crippen LogP contribution in [0.5, 0.6) is 0 Å². The van der Waals surface area contributed by atoms with E-state index in [9.17, 15) is 19.8 Å². The molecule has 0 aliphatic carbocycles. The van der Waals surface area contributed by atoms with E-state index in [1.807, 2.05) is 0 Å². The van der Waals surface area contributed by atoms with Crippen molar-refractivity contribution in [2.45, 2.75) is 109 Å². The lowest BCUT2D eigenvalue weighted by molar-refractivity contribution is -0.151. The lowest BCUT2D eigenvalue weighted by Gasteiger charge is -2.21. The normalized spacial score (nSPS) is 14.3. The van der Waals surface area contributed by atoms with Gasteiger partial charge in [-0.2, -0.15) is 0 Å². The first-order valence-electron chi connectivity index (χ1n) is 10.7. The SMILES string of the molecule is CCCCCC(CC(O)CC(=O)OC)OC(=O)CCCC(O)CCCCCO. The second-order valence-corrected chi connectivity index (χ2v) is 7.40. The molecular weight excluding hydrogens is 364 g/mol. The molecule has 0 spiro atoms. The first-order chi connectivity index (χ1) is 13.4. The summed E-state index contributed by atoms with van der Waals surface area (Å²) >= 11 is 0. The summed E-state index contributed by atoms with van der Waals surface area (Å²) in [6, 6.07) is 0. The van der Waals surface area contributed by atoms with E-state index in [4.69, 9.17) is 9.84 Å². The van der Waals surface area contributed by atoms with Crippen molar-refractivity contribution in [3.05, 3.63) is 0 Å². The molecule has 0 saturated carbocycles. The highest BCUT2D eigenvalue weighted by Crippen LogP contribution is 2.17. The third-order valence-electron chi connectivity index (χ3n) is 4.71. The van der Waals surface area contributed by atoms with Gasteiger partial charge in [-0.15, -0.1) is 0 Å². The third kappa shape index (κ3) is 15.8. The molecule has 0 aliphatic heterocycles. The van der Waals surface area contributed by atoms with Gasteiger partial charge in [0.25, 0.3) is 0 Å². The van der Waals surface area contributed by atoms with Crippen molar-refractivity contribution in [3.8, 4) is 0 Å². The van der Waals surface area contributed by atoms with Crippen LogP contribution >= 0.6 is 0 Å². The second kappa shape index (κ2) is 17.9. The van der Waals surface area contributed by atoms with Gasteiger partial charge >= 0.3 is 11.9 Å². The Morgan fingerprint density at radius 2 is 1.54 bits per heavy atom. The maximum absolute atomic E-state index is 12.1. The van der Waals surface area contributed by atoms with Crippen LogP contribution in [0.4, 0.5) is 0 Å². The molecule has 7 heteroatoms. The first-order valence-corrected chi connectivity index (χ1v) is 10.7. The van der Waals surface area contributed by atoms with Crippen molar-refractivity contribution < 1.29 is 34.4 Å². The Balaban J connectivity index is 4.21. The van der Waals surface area contributed by atoms with Crippen molar-refractivity contribution >= 4 is 11.9 Å². The van der Waals surface area contributed by atoms with Gasteiger partial charge in [0.05, 0.1) is 25.7 Å². The predicted molar refractivity (Wildman–Crippen MR) is 107 cm³/mol. The molecule has 3 N–H and O–H groups in total. The highest BCUT2D eigenvalue weighted by Gasteiger charge is 2.21. The van der Waals surface area contributed by atoms with Crippen LogP contribution < -0.4 is 0 Å². The minimum atomic E-state index is -0.896. The van der Waals surface area contributed by atoms with Gasteiger partial charge in [0, 0.05) is 19.4 Å². The average Bonchev–Trinajstić information content (AvgIpc) is 2.65. The summed E-state index contributed by atoms with van der Waals surface area (Å²) in [5, 5.41) is 28.7. The number of hydrogen-bond donors (Lipinski definition) is 3. The summed E-state index contributed by atoms with van der Waals surface area (Å²) in [6.07, 6.45) is 6.48. The van der Waals surface area contributed by atoms with E-state index >= 15 is 0 Å². The van der Waals surface area contributed by atoms with E-state index in [-0.39, 0.29) is 31.8 Å². The number of methoxy groups -OCH3 is 1. The number of unbranched alkanes of at least 4 members (excludes halogenated alkanes) is 4. The van der Waals surface area contributed by atoms with E-state index in [0.717, 1.165) is 38.5 Å². The van der Waals surface area contributed by atoms with E-state index < -0.39 is 24.3 Å². The van der Waals surface area contributed by atoms with Crippen molar-refractivity contribution in [1.82, 2.24) is 0 Å². The smallest absolute Gasteiger partial charge is 0.308 e. The summed E-state index contributed by atoms with van der Waals surface area (Å²) < 4.78 is 10.1. The van der Waals surface area contributed by atoms with E-state index in [0.29, 0.717) is 25.7 Å². The fourth-order valence-electron chi connectivity index (χ4n) is 3.05. The Morgan fingerprint density at radius 1 is 0.857 bits per heavy atom.